The highest BCUT2D eigenvalue weighted by Gasteiger charge is 2.36. The summed E-state index contributed by atoms with van der Waals surface area (Å²) < 4.78 is 21.5. The Hall–Kier alpha value is -2.90. The van der Waals surface area contributed by atoms with Gasteiger partial charge < -0.3 is 29.6 Å². The highest BCUT2D eigenvalue weighted by Crippen LogP contribution is 2.44. The molecule has 0 bridgehead atoms. The van der Waals surface area contributed by atoms with Gasteiger partial charge in [-0.05, 0) is 25.5 Å². The zero-order valence-corrected chi connectivity index (χ0v) is 16.3. The van der Waals surface area contributed by atoms with E-state index in [1.165, 1.54) is 21.3 Å². The Labute approximate surface area is 158 Å². The Morgan fingerprint density at radius 2 is 1.78 bits per heavy atom. The third-order valence-corrected chi connectivity index (χ3v) is 4.19. The second-order valence-corrected chi connectivity index (χ2v) is 5.82. The average Bonchev–Trinajstić information content (AvgIpc) is 2.66. The molecule has 1 unspecified atom stereocenters. The molecule has 8 nitrogen and oxygen atoms in total. The minimum absolute atomic E-state index is 0.228. The van der Waals surface area contributed by atoms with Crippen molar-refractivity contribution in [3.63, 3.8) is 0 Å². The number of ether oxygens (including phenoxy) is 4. The average molecular weight is 378 g/mol. The van der Waals surface area contributed by atoms with Gasteiger partial charge in [0.2, 0.25) is 5.75 Å². The molecule has 0 aliphatic carbocycles. The van der Waals surface area contributed by atoms with E-state index in [1.54, 1.807) is 19.1 Å². The fourth-order valence-electron chi connectivity index (χ4n) is 3.10. The number of amides is 2. The van der Waals surface area contributed by atoms with Gasteiger partial charge in [-0.25, -0.2) is 9.59 Å². The van der Waals surface area contributed by atoms with Gasteiger partial charge in [-0.3, -0.25) is 0 Å². The van der Waals surface area contributed by atoms with Crippen LogP contribution in [0.2, 0.25) is 0 Å². The molecule has 2 rings (SSSR count). The van der Waals surface area contributed by atoms with E-state index in [0.29, 0.717) is 40.5 Å². The lowest BCUT2D eigenvalue weighted by Gasteiger charge is -2.30. The van der Waals surface area contributed by atoms with E-state index in [9.17, 15) is 9.59 Å². The van der Waals surface area contributed by atoms with E-state index >= 15 is 0 Å². The maximum absolute atomic E-state index is 12.7. The number of hydrogen-bond acceptors (Lipinski definition) is 6. The highest BCUT2D eigenvalue weighted by atomic mass is 16.5. The summed E-state index contributed by atoms with van der Waals surface area (Å²) in [5.41, 5.74) is 1.46. The first kappa shape index (κ1) is 20.4. The number of urea groups is 1. The predicted molar refractivity (Wildman–Crippen MR) is 99.1 cm³/mol. The topological polar surface area (TPSA) is 95.1 Å². The zero-order chi connectivity index (χ0) is 20.0. The van der Waals surface area contributed by atoms with Crippen molar-refractivity contribution in [3.05, 3.63) is 29.0 Å². The van der Waals surface area contributed by atoms with Gasteiger partial charge in [0.15, 0.2) is 11.5 Å². The van der Waals surface area contributed by atoms with Gasteiger partial charge in [0.25, 0.3) is 0 Å². The summed E-state index contributed by atoms with van der Waals surface area (Å²) in [5, 5.41) is 5.52. The summed E-state index contributed by atoms with van der Waals surface area (Å²) in [4.78, 5) is 24.9. The van der Waals surface area contributed by atoms with Crippen LogP contribution < -0.4 is 24.8 Å². The summed E-state index contributed by atoms with van der Waals surface area (Å²) in [6.07, 6.45) is 1.29. The Bertz CT molecular complexity index is 744. The molecule has 1 heterocycles. The molecule has 1 aliphatic rings. The second-order valence-electron chi connectivity index (χ2n) is 5.82. The van der Waals surface area contributed by atoms with Gasteiger partial charge in [0.1, 0.15) is 0 Å². The summed E-state index contributed by atoms with van der Waals surface area (Å²) in [5.74, 6) is 0.747. The van der Waals surface area contributed by atoms with Crippen molar-refractivity contribution in [3.8, 4) is 17.2 Å². The van der Waals surface area contributed by atoms with E-state index < -0.39 is 18.0 Å². The van der Waals surface area contributed by atoms with Crippen LogP contribution >= 0.6 is 0 Å². The standard InChI is InChI=1S/C19H26N2O6/c1-6-8-12-14(18(22)27-7-2)15(21-19(23)20-12)11-9-10-13(24-3)17(26-5)16(11)25-4/h9-10,15H,6-8H2,1-5H3,(H2,20,21,23). The van der Waals surface area contributed by atoms with Crippen LogP contribution in [0, 0.1) is 0 Å². The number of rotatable bonds is 8. The normalized spacial score (nSPS) is 16.3. The fourth-order valence-corrected chi connectivity index (χ4v) is 3.10. The van der Waals surface area contributed by atoms with Crippen LogP contribution in [0.15, 0.2) is 23.4 Å². The summed E-state index contributed by atoms with van der Waals surface area (Å²) >= 11 is 0. The molecule has 0 radical (unpaired) electrons. The van der Waals surface area contributed by atoms with E-state index in [2.05, 4.69) is 10.6 Å². The van der Waals surface area contributed by atoms with Crippen LogP contribution in [-0.4, -0.2) is 39.9 Å². The van der Waals surface area contributed by atoms with Crippen LogP contribution in [0.3, 0.4) is 0 Å². The van der Waals surface area contributed by atoms with Gasteiger partial charge in [-0.15, -0.1) is 0 Å². The minimum atomic E-state index is -0.742. The maximum atomic E-state index is 12.7. The SMILES string of the molecule is CCCC1=C(C(=O)OCC)C(c2ccc(OC)c(OC)c2OC)NC(=O)N1. The number of esters is 1. The van der Waals surface area contributed by atoms with Gasteiger partial charge in [0.05, 0.1) is 39.6 Å². The first-order valence-electron chi connectivity index (χ1n) is 8.78. The molecule has 27 heavy (non-hydrogen) atoms. The number of benzene rings is 1. The molecule has 1 atom stereocenters. The number of methoxy groups -OCH3 is 3. The van der Waals surface area contributed by atoms with Crippen molar-refractivity contribution in [1.29, 1.82) is 0 Å². The molecular formula is C19H26N2O6. The van der Waals surface area contributed by atoms with Crippen LogP contribution in [0.25, 0.3) is 0 Å². The van der Waals surface area contributed by atoms with E-state index in [-0.39, 0.29) is 6.61 Å². The number of carbonyl (C=O) groups excluding carboxylic acids is 2. The van der Waals surface area contributed by atoms with E-state index in [1.807, 2.05) is 6.92 Å². The molecule has 2 amide bonds. The van der Waals surface area contributed by atoms with Crippen molar-refractivity contribution in [2.45, 2.75) is 32.7 Å². The molecule has 148 valence electrons. The lowest BCUT2D eigenvalue weighted by Crippen LogP contribution is -2.46. The smallest absolute Gasteiger partial charge is 0.338 e. The second kappa shape index (κ2) is 9.16. The molecule has 0 fully saturated rings. The molecule has 0 aromatic heterocycles. The molecule has 0 spiro atoms. The van der Waals surface area contributed by atoms with Gasteiger partial charge in [0, 0.05) is 11.3 Å². The quantitative estimate of drug-likeness (QED) is 0.676. The third kappa shape index (κ3) is 4.10. The summed E-state index contributed by atoms with van der Waals surface area (Å²) in [6, 6.07) is 2.30. The molecular weight excluding hydrogens is 352 g/mol. The Balaban J connectivity index is 2.67. The van der Waals surface area contributed by atoms with Gasteiger partial charge in [-0.2, -0.15) is 0 Å². The summed E-state index contributed by atoms with van der Waals surface area (Å²) in [7, 11) is 4.51. The number of allylic oxidation sites excluding steroid dienone is 1. The highest BCUT2D eigenvalue weighted by molar-refractivity contribution is 5.95. The van der Waals surface area contributed by atoms with E-state index in [4.69, 9.17) is 18.9 Å². The monoisotopic (exact) mass is 378 g/mol. The predicted octanol–water partition coefficient (Wildman–Crippen LogP) is 2.68. The van der Waals surface area contributed by atoms with Gasteiger partial charge >= 0.3 is 12.0 Å². The Morgan fingerprint density at radius 3 is 2.33 bits per heavy atom. The molecule has 2 N–H and O–H groups in total. The van der Waals surface area contributed by atoms with Crippen LogP contribution in [-0.2, 0) is 9.53 Å². The van der Waals surface area contributed by atoms with Crippen LogP contribution in [0.1, 0.15) is 38.3 Å². The fraction of sp³-hybridized carbons (Fsp3) is 0.474. The van der Waals surface area contributed by atoms with Crippen LogP contribution in [0.4, 0.5) is 4.79 Å². The van der Waals surface area contributed by atoms with Crippen LogP contribution in [0.5, 0.6) is 17.2 Å². The number of carbonyl (C=O) groups is 2. The summed E-state index contributed by atoms with van der Waals surface area (Å²) in [6.45, 7) is 3.93. The van der Waals surface area contributed by atoms with E-state index in [0.717, 1.165) is 6.42 Å². The number of hydrogen-bond donors (Lipinski definition) is 2. The molecule has 8 heteroatoms. The third-order valence-electron chi connectivity index (χ3n) is 4.19. The lowest BCUT2D eigenvalue weighted by atomic mass is 9.92. The molecule has 0 saturated heterocycles. The minimum Gasteiger partial charge on any atom is -0.493 e. The molecule has 0 saturated carbocycles. The van der Waals surface area contributed by atoms with Crippen molar-refractivity contribution in [2.75, 3.05) is 27.9 Å². The first-order valence-corrected chi connectivity index (χ1v) is 8.78. The van der Waals surface area contributed by atoms with Gasteiger partial charge in [-0.1, -0.05) is 13.3 Å². The number of nitrogens with one attached hydrogen (secondary N) is 2. The molecule has 1 aromatic rings. The zero-order valence-electron chi connectivity index (χ0n) is 16.3. The first-order chi connectivity index (χ1) is 13.0. The van der Waals surface area contributed by atoms with Crippen molar-refractivity contribution >= 4 is 12.0 Å². The Kier molecular flexibility index (Phi) is 6.92. The van der Waals surface area contributed by atoms with Crippen molar-refractivity contribution < 1.29 is 28.5 Å². The maximum Gasteiger partial charge on any atom is 0.338 e. The Morgan fingerprint density at radius 1 is 1.07 bits per heavy atom. The van der Waals surface area contributed by atoms with Crippen molar-refractivity contribution in [1.82, 2.24) is 10.6 Å². The molecule has 1 aromatic carbocycles. The largest absolute Gasteiger partial charge is 0.493 e. The molecule has 1 aliphatic heterocycles. The lowest BCUT2D eigenvalue weighted by molar-refractivity contribution is -0.139. The van der Waals surface area contributed by atoms with Crippen molar-refractivity contribution in [2.24, 2.45) is 0 Å².